The van der Waals surface area contributed by atoms with Crippen LogP contribution in [0.2, 0.25) is 0 Å². The third-order valence-corrected chi connectivity index (χ3v) is 2.10. The number of hydrogen-bond acceptors (Lipinski definition) is 4. The van der Waals surface area contributed by atoms with Crippen LogP contribution in [-0.2, 0) is 4.74 Å². The van der Waals surface area contributed by atoms with E-state index in [-0.39, 0.29) is 11.9 Å². The van der Waals surface area contributed by atoms with Crippen LogP contribution in [0.1, 0.15) is 11.8 Å². The summed E-state index contributed by atoms with van der Waals surface area (Å²) in [6, 6.07) is 6.48. The van der Waals surface area contributed by atoms with Crippen molar-refractivity contribution in [2.75, 3.05) is 13.2 Å². The van der Waals surface area contributed by atoms with Crippen LogP contribution in [0.4, 0.5) is 5.69 Å². The van der Waals surface area contributed by atoms with Crippen molar-refractivity contribution in [1.82, 2.24) is 5.32 Å². The van der Waals surface area contributed by atoms with Gasteiger partial charge < -0.3 is 4.74 Å². The molecule has 1 heterocycles. The minimum absolute atomic E-state index is 0.0970. The van der Waals surface area contributed by atoms with Gasteiger partial charge in [-0.2, -0.15) is 0 Å². The first-order valence-electron chi connectivity index (χ1n) is 4.37. The molecular formula is C9H10N2O3. The lowest BCUT2D eigenvalue weighted by atomic mass is 10.2. The van der Waals surface area contributed by atoms with Gasteiger partial charge in [-0.15, -0.1) is 0 Å². The monoisotopic (exact) mass is 194 g/mol. The first-order valence-corrected chi connectivity index (χ1v) is 4.37. The average molecular weight is 194 g/mol. The second-order valence-electron chi connectivity index (χ2n) is 3.06. The summed E-state index contributed by atoms with van der Waals surface area (Å²) in [7, 11) is 0. The van der Waals surface area contributed by atoms with Crippen molar-refractivity contribution in [3.05, 3.63) is 39.9 Å². The number of benzene rings is 1. The molecule has 0 saturated carbocycles. The Morgan fingerprint density at radius 1 is 1.57 bits per heavy atom. The molecule has 1 aliphatic rings. The second kappa shape index (κ2) is 3.73. The maximum Gasteiger partial charge on any atom is 0.269 e. The highest BCUT2D eigenvalue weighted by Crippen LogP contribution is 2.21. The molecule has 1 atom stereocenters. The molecule has 0 aliphatic carbocycles. The molecule has 0 spiro atoms. The molecule has 0 unspecified atom stereocenters. The van der Waals surface area contributed by atoms with E-state index in [0.717, 1.165) is 12.1 Å². The van der Waals surface area contributed by atoms with Crippen LogP contribution in [0.3, 0.4) is 0 Å². The third kappa shape index (κ3) is 1.73. The van der Waals surface area contributed by atoms with Gasteiger partial charge in [0.15, 0.2) is 0 Å². The predicted octanol–water partition coefficient (Wildman–Crippen LogP) is 1.21. The van der Waals surface area contributed by atoms with E-state index in [1.807, 2.05) is 6.07 Å². The predicted molar refractivity (Wildman–Crippen MR) is 49.8 cm³/mol. The number of rotatable bonds is 2. The average Bonchev–Trinajstić information content (AvgIpc) is 2.71. The van der Waals surface area contributed by atoms with Gasteiger partial charge in [-0.1, -0.05) is 12.1 Å². The van der Waals surface area contributed by atoms with Crippen molar-refractivity contribution < 1.29 is 9.66 Å². The first-order chi connectivity index (χ1) is 6.77. The van der Waals surface area contributed by atoms with Crippen molar-refractivity contribution in [2.45, 2.75) is 6.23 Å². The summed E-state index contributed by atoms with van der Waals surface area (Å²) in [6.45, 7) is 1.43. The van der Waals surface area contributed by atoms with Gasteiger partial charge in [0.1, 0.15) is 6.23 Å². The van der Waals surface area contributed by atoms with Crippen LogP contribution >= 0.6 is 0 Å². The van der Waals surface area contributed by atoms with Crippen molar-refractivity contribution in [2.24, 2.45) is 0 Å². The zero-order chi connectivity index (χ0) is 9.97. The number of nitrogens with one attached hydrogen (secondary N) is 1. The number of hydrogen-bond donors (Lipinski definition) is 1. The van der Waals surface area contributed by atoms with Gasteiger partial charge >= 0.3 is 0 Å². The number of non-ortho nitro benzene ring substituents is 1. The van der Waals surface area contributed by atoms with Gasteiger partial charge in [0.05, 0.1) is 11.5 Å². The molecule has 1 aromatic carbocycles. The topological polar surface area (TPSA) is 64.4 Å². The smallest absolute Gasteiger partial charge is 0.269 e. The molecule has 1 aliphatic heterocycles. The Morgan fingerprint density at radius 2 is 2.43 bits per heavy atom. The summed E-state index contributed by atoms with van der Waals surface area (Å²) in [4.78, 5) is 10.1. The summed E-state index contributed by atoms with van der Waals surface area (Å²) in [5.41, 5.74) is 0.900. The highest BCUT2D eigenvalue weighted by atomic mass is 16.6. The molecule has 2 rings (SSSR count). The quantitative estimate of drug-likeness (QED) is 0.567. The van der Waals surface area contributed by atoms with E-state index in [0.29, 0.717) is 6.61 Å². The highest BCUT2D eigenvalue weighted by Gasteiger charge is 2.18. The molecule has 5 nitrogen and oxygen atoms in total. The maximum absolute atomic E-state index is 10.5. The first kappa shape index (κ1) is 9.11. The van der Waals surface area contributed by atoms with Crippen LogP contribution < -0.4 is 5.32 Å². The van der Waals surface area contributed by atoms with Crippen LogP contribution in [0.5, 0.6) is 0 Å². The molecule has 0 radical (unpaired) electrons. The van der Waals surface area contributed by atoms with Gasteiger partial charge in [0.2, 0.25) is 0 Å². The largest absolute Gasteiger partial charge is 0.358 e. The van der Waals surface area contributed by atoms with Crippen molar-refractivity contribution in [1.29, 1.82) is 0 Å². The van der Waals surface area contributed by atoms with Gasteiger partial charge in [-0.25, -0.2) is 0 Å². The van der Waals surface area contributed by atoms with E-state index < -0.39 is 4.92 Å². The lowest BCUT2D eigenvalue weighted by molar-refractivity contribution is -0.385. The molecule has 1 N–H and O–H groups in total. The van der Waals surface area contributed by atoms with Crippen molar-refractivity contribution in [3.63, 3.8) is 0 Å². The fourth-order valence-corrected chi connectivity index (χ4v) is 1.44. The Labute approximate surface area is 80.8 Å². The Hall–Kier alpha value is -1.46. The SMILES string of the molecule is O=[N+]([O-])c1cccc([C@@H]2NCCO2)c1. The number of nitro benzene ring substituents is 1. The zero-order valence-electron chi connectivity index (χ0n) is 7.47. The van der Waals surface area contributed by atoms with Crippen LogP contribution in [0.15, 0.2) is 24.3 Å². The summed E-state index contributed by atoms with van der Waals surface area (Å²) in [5, 5.41) is 13.6. The maximum atomic E-state index is 10.5. The molecule has 0 aromatic heterocycles. The van der Waals surface area contributed by atoms with E-state index in [4.69, 9.17) is 4.74 Å². The van der Waals surface area contributed by atoms with Gasteiger partial charge in [0, 0.05) is 24.2 Å². The zero-order valence-corrected chi connectivity index (χ0v) is 7.47. The summed E-state index contributed by atoms with van der Waals surface area (Å²) in [5.74, 6) is 0. The molecule has 0 bridgehead atoms. The van der Waals surface area contributed by atoms with Gasteiger partial charge in [-0.3, -0.25) is 15.4 Å². The summed E-state index contributed by atoms with van der Waals surface area (Å²) in [6.07, 6.45) is -0.199. The minimum Gasteiger partial charge on any atom is -0.358 e. The molecule has 1 aromatic rings. The van der Waals surface area contributed by atoms with E-state index in [1.165, 1.54) is 12.1 Å². The fourth-order valence-electron chi connectivity index (χ4n) is 1.44. The molecule has 74 valence electrons. The van der Waals surface area contributed by atoms with E-state index >= 15 is 0 Å². The van der Waals surface area contributed by atoms with Crippen LogP contribution in [0.25, 0.3) is 0 Å². The van der Waals surface area contributed by atoms with E-state index in [1.54, 1.807) is 6.07 Å². The Morgan fingerprint density at radius 3 is 3.07 bits per heavy atom. The Kier molecular flexibility index (Phi) is 2.43. The molecule has 14 heavy (non-hydrogen) atoms. The van der Waals surface area contributed by atoms with E-state index in [2.05, 4.69) is 5.32 Å². The highest BCUT2D eigenvalue weighted by molar-refractivity contribution is 5.35. The second-order valence-corrected chi connectivity index (χ2v) is 3.06. The standard InChI is InChI=1S/C9H10N2O3/c12-11(13)8-3-1-2-7(6-8)9-10-4-5-14-9/h1-3,6,9-10H,4-5H2/t9-/m1/s1. The van der Waals surface area contributed by atoms with Gasteiger partial charge in [0.25, 0.3) is 5.69 Å². The molecular weight excluding hydrogens is 184 g/mol. The number of ether oxygens (including phenoxy) is 1. The summed E-state index contributed by atoms with van der Waals surface area (Å²) >= 11 is 0. The molecule has 1 fully saturated rings. The minimum atomic E-state index is -0.404. The Balaban J connectivity index is 2.25. The Bertz CT molecular complexity index is 348. The van der Waals surface area contributed by atoms with Crippen molar-refractivity contribution >= 4 is 5.69 Å². The number of nitrogens with zero attached hydrogens (tertiary/aromatic N) is 1. The van der Waals surface area contributed by atoms with Gasteiger partial charge in [-0.05, 0) is 0 Å². The fraction of sp³-hybridized carbons (Fsp3) is 0.333. The van der Waals surface area contributed by atoms with Crippen LogP contribution in [-0.4, -0.2) is 18.1 Å². The van der Waals surface area contributed by atoms with Crippen molar-refractivity contribution in [3.8, 4) is 0 Å². The molecule has 0 amide bonds. The number of nitro groups is 1. The molecule has 1 saturated heterocycles. The lowest BCUT2D eigenvalue weighted by Crippen LogP contribution is -2.13. The molecule has 5 heteroatoms. The third-order valence-electron chi connectivity index (χ3n) is 2.10. The lowest BCUT2D eigenvalue weighted by Gasteiger charge is -2.09. The summed E-state index contributed by atoms with van der Waals surface area (Å²) < 4.78 is 5.34. The van der Waals surface area contributed by atoms with E-state index in [9.17, 15) is 10.1 Å². The normalized spacial score (nSPS) is 21.0. The van der Waals surface area contributed by atoms with Crippen LogP contribution in [0, 0.1) is 10.1 Å².